The number of pyridine rings is 2. The number of esters is 1. The summed E-state index contributed by atoms with van der Waals surface area (Å²) in [6, 6.07) is 5.68. The largest absolute Gasteiger partial charge is 0.476 e. The minimum Gasteiger partial charge on any atom is -0.476 e. The van der Waals surface area contributed by atoms with Gasteiger partial charge in [0.05, 0.1) is 5.41 Å². The van der Waals surface area contributed by atoms with E-state index < -0.39 is 46.8 Å². The third-order valence-electron chi connectivity index (χ3n) is 6.11. The number of likely N-dealkylation sites (tertiary alicyclic amines) is 1. The van der Waals surface area contributed by atoms with E-state index in [9.17, 15) is 22.8 Å². The van der Waals surface area contributed by atoms with Crippen molar-refractivity contribution in [2.24, 2.45) is 5.41 Å². The van der Waals surface area contributed by atoms with Crippen LogP contribution in [0.4, 0.5) is 18.0 Å². The Morgan fingerprint density at radius 2 is 1.71 bits per heavy atom. The summed E-state index contributed by atoms with van der Waals surface area (Å²) in [4.78, 5) is 35.6. The van der Waals surface area contributed by atoms with Crippen molar-refractivity contribution >= 4 is 12.1 Å². The van der Waals surface area contributed by atoms with E-state index in [1.54, 1.807) is 37.9 Å². The Balaban J connectivity index is 1.76. The van der Waals surface area contributed by atoms with Crippen LogP contribution in [0.2, 0.25) is 0 Å². The minimum absolute atomic E-state index is 0.249. The number of rotatable bonds is 6. The van der Waals surface area contributed by atoms with E-state index in [2.05, 4.69) is 9.97 Å². The van der Waals surface area contributed by atoms with Crippen molar-refractivity contribution in [2.45, 2.75) is 71.8 Å². The second-order valence-corrected chi connectivity index (χ2v) is 11.0. The molecule has 0 aliphatic carbocycles. The third-order valence-corrected chi connectivity index (χ3v) is 6.11. The van der Waals surface area contributed by atoms with Crippen molar-refractivity contribution in [2.75, 3.05) is 19.7 Å². The van der Waals surface area contributed by atoms with Crippen LogP contribution in [-0.2, 0) is 20.4 Å². The number of hydrogen-bond donors (Lipinski definition) is 0. The first-order chi connectivity index (χ1) is 17.6. The summed E-state index contributed by atoms with van der Waals surface area (Å²) in [5.41, 5.74) is -1.40. The number of aromatic nitrogens is 2. The number of carbonyl (C=O) groups is 2. The summed E-state index contributed by atoms with van der Waals surface area (Å²) in [6.45, 7) is 10.4. The number of piperidine rings is 1. The molecule has 2 aromatic rings. The second-order valence-electron chi connectivity index (χ2n) is 11.0. The van der Waals surface area contributed by atoms with Gasteiger partial charge in [0.1, 0.15) is 23.9 Å². The van der Waals surface area contributed by atoms with E-state index in [0.29, 0.717) is 13.0 Å². The molecule has 0 saturated carbocycles. The molecule has 1 fully saturated rings. The molecule has 0 N–H and O–H groups in total. The average Bonchev–Trinajstić information content (AvgIpc) is 2.82. The van der Waals surface area contributed by atoms with Gasteiger partial charge in [-0.25, -0.2) is 9.78 Å². The smallest absolute Gasteiger partial charge is 0.421 e. The molecule has 3 heterocycles. The van der Waals surface area contributed by atoms with Crippen LogP contribution in [0.1, 0.15) is 63.8 Å². The van der Waals surface area contributed by atoms with Crippen LogP contribution in [0.25, 0.3) is 0 Å². The fourth-order valence-electron chi connectivity index (χ4n) is 4.08. The lowest BCUT2D eigenvalue weighted by atomic mass is 9.86. The van der Waals surface area contributed by atoms with Crippen molar-refractivity contribution in [3.05, 3.63) is 53.5 Å². The van der Waals surface area contributed by atoms with Gasteiger partial charge in [0.15, 0.2) is 0 Å². The Kier molecular flexibility index (Phi) is 8.58. The highest BCUT2D eigenvalue weighted by Gasteiger charge is 2.41. The highest BCUT2D eigenvalue weighted by molar-refractivity contribution is 5.76. The average molecular weight is 538 g/mol. The standard InChI is InChI=1S/C27H34F3N3O5/c1-17-18(9-7-12-31-17)19-15-33(24(35)38-25(2,3)4)14-11-21(19)37-23(34)26(5,6)16-36-22-20(27(28,29)30)10-8-13-32-22/h7-10,12-13,19,21H,11,14-16H2,1-6H3/t19-,21+/m1/s1. The van der Waals surface area contributed by atoms with Crippen LogP contribution < -0.4 is 4.74 Å². The normalized spacial score (nSPS) is 18.6. The van der Waals surface area contributed by atoms with Crippen LogP contribution in [-0.4, -0.2) is 58.3 Å². The van der Waals surface area contributed by atoms with E-state index in [1.165, 1.54) is 26.1 Å². The number of amides is 1. The van der Waals surface area contributed by atoms with Crippen LogP contribution in [0.15, 0.2) is 36.7 Å². The monoisotopic (exact) mass is 537 g/mol. The number of ether oxygens (including phenoxy) is 3. The van der Waals surface area contributed by atoms with Crippen molar-refractivity contribution < 1.29 is 37.0 Å². The van der Waals surface area contributed by atoms with E-state index in [0.717, 1.165) is 17.3 Å². The third kappa shape index (κ3) is 7.35. The van der Waals surface area contributed by atoms with Gasteiger partial charge in [0.2, 0.25) is 5.88 Å². The van der Waals surface area contributed by atoms with Gasteiger partial charge in [0.25, 0.3) is 0 Å². The Morgan fingerprint density at radius 3 is 2.34 bits per heavy atom. The van der Waals surface area contributed by atoms with Gasteiger partial charge in [0, 0.05) is 43.5 Å². The molecule has 1 aliphatic heterocycles. The van der Waals surface area contributed by atoms with Crippen molar-refractivity contribution in [1.29, 1.82) is 0 Å². The maximum absolute atomic E-state index is 13.3. The molecule has 0 radical (unpaired) electrons. The summed E-state index contributed by atoms with van der Waals surface area (Å²) in [6.07, 6.45) is -2.51. The Bertz CT molecular complexity index is 1150. The van der Waals surface area contributed by atoms with Gasteiger partial charge >= 0.3 is 18.2 Å². The SMILES string of the molecule is Cc1ncccc1[C@H]1CN(C(=O)OC(C)(C)C)CC[C@@H]1OC(=O)C(C)(C)COc1ncccc1C(F)(F)F. The van der Waals surface area contributed by atoms with Crippen LogP contribution >= 0.6 is 0 Å². The molecule has 8 nitrogen and oxygen atoms in total. The van der Waals surface area contributed by atoms with Gasteiger partial charge in [-0.05, 0) is 65.3 Å². The number of alkyl halides is 3. The summed E-state index contributed by atoms with van der Waals surface area (Å²) in [7, 11) is 0. The van der Waals surface area contributed by atoms with Gasteiger partial charge in [-0.1, -0.05) is 6.07 Å². The molecule has 0 unspecified atom stereocenters. The molecule has 0 aromatic carbocycles. The zero-order valence-electron chi connectivity index (χ0n) is 22.5. The molecular weight excluding hydrogens is 503 g/mol. The predicted molar refractivity (Wildman–Crippen MR) is 133 cm³/mol. The number of halogens is 3. The quantitative estimate of drug-likeness (QED) is 0.447. The van der Waals surface area contributed by atoms with Crippen molar-refractivity contribution in [3.8, 4) is 5.88 Å². The molecule has 1 saturated heterocycles. The van der Waals surface area contributed by atoms with E-state index in [4.69, 9.17) is 14.2 Å². The molecule has 2 aromatic heterocycles. The molecular formula is C27H34F3N3O5. The summed E-state index contributed by atoms with van der Waals surface area (Å²) >= 11 is 0. The molecule has 11 heteroatoms. The summed E-state index contributed by atoms with van der Waals surface area (Å²) in [5.74, 6) is -1.61. The van der Waals surface area contributed by atoms with E-state index >= 15 is 0 Å². The lowest BCUT2D eigenvalue weighted by Crippen LogP contribution is -2.49. The van der Waals surface area contributed by atoms with E-state index in [1.807, 2.05) is 13.0 Å². The molecule has 3 rings (SSSR count). The molecule has 2 atom stereocenters. The van der Waals surface area contributed by atoms with Crippen LogP contribution in [0.5, 0.6) is 5.88 Å². The molecule has 1 aliphatic rings. The number of hydrogen-bond acceptors (Lipinski definition) is 7. The Hall–Kier alpha value is -3.37. The number of aryl methyl sites for hydroxylation is 1. The molecule has 208 valence electrons. The predicted octanol–water partition coefficient (Wildman–Crippen LogP) is 5.55. The lowest BCUT2D eigenvalue weighted by molar-refractivity contribution is -0.164. The molecule has 0 spiro atoms. The Labute approximate surface area is 220 Å². The Morgan fingerprint density at radius 1 is 1.05 bits per heavy atom. The van der Waals surface area contributed by atoms with Gasteiger partial charge < -0.3 is 19.1 Å². The first-order valence-electron chi connectivity index (χ1n) is 12.3. The zero-order chi connectivity index (χ0) is 28.3. The molecule has 0 bridgehead atoms. The summed E-state index contributed by atoms with van der Waals surface area (Å²) in [5, 5.41) is 0. The number of nitrogens with zero attached hydrogens (tertiary/aromatic N) is 3. The fourth-order valence-corrected chi connectivity index (χ4v) is 4.08. The first kappa shape index (κ1) is 29.2. The highest BCUT2D eigenvalue weighted by Crippen LogP contribution is 2.36. The molecule has 1 amide bonds. The van der Waals surface area contributed by atoms with Crippen LogP contribution in [0.3, 0.4) is 0 Å². The van der Waals surface area contributed by atoms with E-state index in [-0.39, 0.29) is 19.1 Å². The maximum Gasteiger partial charge on any atom is 0.421 e. The van der Waals surface area contributed by atoms with Crippen molar-refractivity contribution in [1.82, 2.24) is 14.9 Å². The number of carbonyl (C=O) groups excluding carboxylic acids is 2. The van der Waals surface area contributed by atoms with Gasteiger partial charge in [-0.3, -0.25) is 9.78 Å². The van der Waals surface area contributed by atoms with Gasteiger partial charge in [-0.2, -0.15) is 13.2 Å². The van der Waals surface area contributed by atoms with Crippen LogP contribution in [0, 0.1) is 12.3 Å². The fraction of sp³-hybridized carbons (Fsp3) is 0.556. The maximum atomic E-state index is 13.3. The molecule has 38 heavy (non-hydrogen) atoms. The zero-order valence-corrected chi connectivity index (χ0v) is 22.5. The van der Waals surface area contributed by atoms with Crippen molar-refractivity contribution in [3.63, 3.8) is 0 Å². The minimum atomic E-state index is -4.65. The summed E-state index contributed by atoms with van der Waals surface area (Å²) < 4.78 is 56.7. The topological polar surface area (TPSA) is 90.9 Å². The second kappa shape index (κ2) is 11.2. The first-order valence-corrected chi connectivity index (χ1v) is 12.3. The lowest BCUT2D eigenvalue weighted by Gasteiger charge is -2.40. The highest BCUT2D eigenvalue weighted by atomic mass is 19.4. The van der Waals surface area contributed by atoms with Gasteiger partial charge in [-0.15, -0.1) is 0 Å².